The molecular formula is C15H14N2O3. The van der Waals surface area contributed by atoms with Crippen LogP contribution in [-0.4, -0.2) is 17.4 Å². The Morgan fingerprint density at radius 3 is 2.30 bits per heavy atom. The van der Waals surface area contributed by atoms with E-state index in [2.05, 4.69) is 10.6 Å². The molecular weight excluding hydrogens is 256 g/mol. The van der Waals surface area contributed by atoms with Crippen molar-refractivity contribution in [3.05, 3.63) is 60.2 Å². The second-order valence-corrected chi connectivity index (χ2v) is 4.17. The fourth-order valence-corrected chi connectivity index (χ4v) is 1.71. The summed E-state index contributed by atoms with van der Waals surface area (Å²) < 4.78 is 0. The lowest BCUT2D eigenvalue weighted by Gasteiger charge is -2.14. The van der Waals surface area contributed by atoms with Crippen LogP contribution >= 0.6 is 0 Å². The number of rotatable bonds is 4. The van der Waals surface area contributed by atoms with Gasteiger partial charge in [0.05, 0.1) is 0 Å². The molecule has 1 atom stereocenters. The third-order valence-electron chi connectivity index (χ3n) is 2.71. The molecule has 0 heterocycles. The molecule has 0 radical (unpaired) electrons. The van der Waals surface area contributed by atoms with Crippen molar-refractivity contribution in [2.24, 2.45) is 0 Å². The number of anilines is 1. The van der Waals surface area contributed by atoms with Gasteiger partial charge in [-0.15, -0.1) is 0 Å². The number of nitrogens with one attached hydrogen (secondary N) is 2. The van der Waals surface area contributed by atoms with Gasteiger partial charge in [0.1, 0.15) is 18.1 Å². The Balaban J connectivity index is 2.01. The van der Waals surface area contributed by atoms with Crippen molar-refractivity contribution in [1.29, 1.82) is 0 Å². The van der Waals surface area contributed by atoms with E-state index in [9.17, 15) is 14.7 Å². The van der Waals surface area contributed by atoms with Crippen LogP contribution in [0.25, 0.3) is 0 Å². The summed E-state index contributed by atoms with van der Waals surface area (Å²) in [5, 5.41) is 14.4. The van der Waals surface area contributed by atoms with E-state index in [0.717, 1.165) is 0 Å². The number of para-hydroxylation sites is 1. The van der Waals surface area contributed by atoms with Crippen LogP contribution in [0, 0.1) is 0 Å². The van der Waals surface area contributed by atoms with Gasteiger partial charge in [-0.1, -0.05) is 30.3 Å². The van der Waals surface area contributed by atoms with E-state index in [-0.39, 0.29) is 5.75 Å². The highest BCUT2D eigenvalue weighted by molar-refractivity contribution is 5.91. The first-order valence-corrected chi connectivity index (χ1v) is 6.06. The highest BCUT2D eigenvalue weighted by atomic mass is 16.3. The molecule has 0 saturated carbocycles. The summed E-state index contributed by atoms with van der Waals surface area (Å²) in [6.07, 6.45) is 0.636. The molecule has 2 amide bonds. The van der Waals surface area contributed by atoms with Crippen LogP contribution in [0.1, 0.15) is 11.6 Å². The molecule has 20 heavy (non-hydrogen) atoms. The minimum absolute atomic E-state index is 0.104. The molecule has 0 saturated heterocycles. The summed E-state index contributed by atoms with van der Waals surface area (Å²) in [6.45, 7) is 0. The monoisotopic (exact) mass is 270 g/mol. The number of aldehydes is 1. The standard InChI is InChI=1S/C15H14N2O3/c18-10-14(11-6-8-13(19)9-7-11)17-15(20)16-12-4-2-1-3-5-12/h1-10,14,19H,(H2,16,17,20). The maximum absolute atomic E-state index is 11.8. The molecule has 0 bridgehead atoms. The Labute approximate surface area is 116 Å². The molecule has 0 fully saturated rings. The van der Waals surface area contributed by atoms with Crippen molar-refractivity contribution in [2.75, 3.05) is 5.32 Å². The van der Waals surface area contributed by atoms with E-state index >= 15 is 0 Å². The van der Waals surface area contributed by atoms with Gasteiger partial charge in [-0.2, -0.15) is 0 Å². The predicted octanol–water partition coefficient (Wildman–Crippen LogP) is 2.45. The van der Waals surface area contributed by atoms with Crippen LogP contribution in [0.4, 0.5) is 10.5 Å². The number of hydrogen-bond donors (Lipinski definition) is 3. The van der Waals surface area contributed by atoms with Crippen LogP contribution in [0.3, 0.4) is 0 Å². The highest BCUT2D eigenvalue weighted by Gasteiger charge is 2.13. The molecule has 1 unspecified atom stereocenters. The number of amides is 2. The zero-order valence-corrected chi connectivity index (χ0v) is 10.6. The first-order chi connectivity index (χ1) is 9.69. The summed E-state index contributed by atoms with van der Waals surface area (Å²) in [5.74, 6) is 0.104. The lowest BCUT2D eigenvalue weighted by Crippen LogP contribution is -2.33. The zero-order chi connectivity index (χ0) is 14.4. The Morgan fingerprint density at radius 2 is 1.70 bits per heavy atom. The first kappa shape index (κ1) is 13.6. The number of phenolic OH excluding ortho intramolecular Hbond substituents is 1. The largest absolute Gasteiger partial charge is 0.508 e. The molecule has 0 aromatic heterocycles. The number of benzene rings is 2. The quantitative estimate of drug-likeness (QED) is 0.747. The SMILES string of the molecule is O=CC(NC(=O)Nc1ccccc1)c1ccc(O)cc1. The third-order valence-corrected chi connectivity index (χ3v) is 2.71. The van der Waals surface area contributed by atoms with Crippen molar-refractivity contribution in [1.82, 2.24) is 5.32 Å². The zero-order valence-electron chi connectivity index (χ0n) is 10.6. The van der Waals surface area contributed by atoms with E-state index in [4.69, 9.17) is 0 Å². The Hall–Kier alpha value is -2.82. The summed E-state index contributed by atoms with van der Waals surface area (Å²) in [4.78, 5) is 22.9. The Morgan fingerprint density at radius 1 is 1.05 bits per heavy atom. The minimum atomic E-state index is -0.765. The van der Waals surface area contributed by atoms with Crippen LogP contribution < -0.4 is 10.6 Å². The van der Waals surface area contributed by atoms with Gasteiger partial charge >= 0.3 is 6.03 Å². The number of phenols is 1. The van der Waals surface area contributed by atoms with Crippen molar-refractivity contribution < 1.29 is 14.7 Å². The average molecular weight is 270 g/mol. The van der Waals surface area contributed by atoms with Crippen LogP contribution in [0.5, 0.6) is 5.75 Å². The van der Waals surface area contributed by atoms with Gasteiger partial charge in [-0.05, 0) is 29.8 Å². The Bertz CT molecular complexity index is 582. The van der Waals surface area contributed by atoms with Crippen LogP contribution in [-0.2, 0) is 4.79 Å². The average Bonchev–Trinajstić information content (AvgIpc) is 2.47. The van der Waals surface area contributed by atoms with E-state index in [1.54, 1.807) is 36.4 Å². The van der Waals surface area contributed by atoms with Crippen molar-refractivity contribution in [2.45, 2.75) is 6.04 Å². The fourth-order valence-electron chi connectivity index (χ4n) is 1.71. The van der Waals surface area contributed by atoms with Crippen molar-refractivity contribution in [3.8, 4) is 5.75 Å². The second kappa shape index (κ2) is 6.38. The topological polar surface area (TPSA) is 78.4 Å². The predicted molar refractivity (Wildman–Crippen MR) is 75.5 cm³/mol. The molecule has 2 rings (SSSR count). The fraction of sp³-hybridized carbons (Fsp3) is 0.0667. The molecule has 0 spiro atoms. The lowest BCUT2D eigenvalue weighted by molar-refractivity contribution is -0.109. The van der Waals surface area contributed by atoms with Gasteiger partial charge < -0.3 is 20.5 Å². The summed E-state index contributed by atoms with van der Waals surface area (Å²) >= 11 is 0. The smallest absolute Gasteiger partial charge is 0.320 e. The summed E-state index contributed by atoms with van der Waals surface area (Å²) in [6, 6.07) is 13.8. The molecule has 3 N–H and O–H groups in total. The first-order valence-electron chi connectivity index (χ1n) is 6.06. The van der Waals surface area contributed by atoms with Crippen molar-refractivity contribution >= 4 is 18.0 Å². The molecule has 2 aromatic rings. The number of hydrogen-bond acceptors (Lipinski definition) is 3. The van der Waals surface area contributed by atoms with Crippen LogP contribution in [0.15, 0.2) is 54.6 Å². The van der Waals surface area contributed by atoms with Crippen molar-refractivity contribution in [3.63, 3.8) is 0 Å². The number of urea groups is 1. The molecule has 0 aliphatic rings. The number of carbonyl (C=O) groups excluding carboxylic acids is 2. The maximum atomic E-state index is 11.8. The highest BCUT2D eigenvalue weighted by Crippen LogP contribution is 2.15. The normalized spacial score (nSPS) is 11.4. The third kappa shape index (κ3) is 3.58. The van der Waals surface area contributed by atoms with Gasteiger partial charge in [-0.3, -0.25) is 0 Å². The molecule has 0 aliphatic heterocycles. The summed E-state index contributed by atoms with van der Waals surface area (Å²) in [5.41, 5.74) is 1.24. The Kier molecular flexibility index (Phi) is 4.34. The van der Waals surface area contributed by atoms with Gasteiger partial charge in [0.25, 0.3) is 0 Å². The minimum Gasteiger partial charge on any atom is -0.508 e. The van der Waals surface area contributed by atoms with Gasteiger partial charge in [0.2, 0.25) is 0 Å². The lowest BCUT2D eigenvalue weighted by atomic mass is 10.1. The number of aromatic hydroxyl groups is 1. The molecule has 5 nitrogen and oxygen atoms in total. The molecule has 2 aromatic carbocycles. The van der Waals surface area contributed by atoms with E-state index in [1.807, 2.05) is 6.07 Å². The van der Waals surface area contributed by atoms with Crippen LogP contribution in [0.2, 0.25) is 0 Å². The molecule has 102 valence electrons. The van der Waals surface area contributed by atoms with E-state index in [0.29, 0.717) is 17.5 Å². The van der Waals surface area contributed by atoms with E-state index < -0.39 is 12.1 Å². The molecule has 5 heteroatoms. The van der Waals surface area contributed by atoms with Gasteiger partial charge in [-0.25, -0.2) is 4.79 Å². The summed E-state index contributed by atoms with van der Waals surface area (Å²) in [7, 11) is 0. The second-order valence-electron chi connectivity index (χ2n) is 4.17. The molecule has 0 aliphatic carbocycles. The van der Waals surface area contributed by atoms with E-state index in [1.165, 1.54) is 12.1 Å². The van der Waals surface area contributed by atoms with Gasteiger partial charge in [0.15, 0.2) is 0 Å². The maximum Gasteiger partial charge on any atom is 0.320 e. The van der Waals surface area contributed by atoms with Gasteiger partial charge in [0, 0.05) is 5.69 Å². The number of carbonyl (C=O) groups is 2.